The average Bonchev–Trinajstić information content (AvgIpc) is 2.64. The molecule has 0 amide bonds. The van der Waals surface area contributed by atoms with Crippen molar-refractivity contribution in [3.05, 3.63) is 36.4 Å². The quantitative estimate of drug-likeness (QED) is 0.590. The number of nitrogens with zero attached hydrogens (tertiary/aromatic N) is 3. The van der Waals surface area contributed by atoms with E-state index in [0.717, 1.165) is 0 Å². The summed E-state index contributed by atoms with van der Waals surface area (Å²) >= 11 is 0. The van der Waals surface area contributed by atoms with E-state index in [2.05, 4.69) is 10.1 Å². The standard InChI is InChI=1S/C10H11N5O/c1-15-6-8(5-14-15)16-7-2-3-13-9(4-7)10(11)12/h2-6H,1H3,(H3,11,12). The number of aromatic nitrogens is 3. The average molecular weight is 217 g/mol. The molecule has 3 N–H and O–H groups in total. The van der Waals surface area contributed by atoms with Crippen molar-refractivity contribution in [2.45, 2.75) is 0 Å². The van der Waals surface area contributed by atoms with Crippen LogP contribution in [-0.4, -0.2) is 20.6 Å². The Labute approximate surface area is 92.2 Å². The van der Waals surface area contributed by atoms with Crippen molar-refractivity contribution < 1.29 is 4.74 Å². The molecule has 0 aliphatic rings. The molecule has 0 spiro atoms. The molecule has 82 valence electrons. The predicted molar refractivity (Wildman–Crippen MR) is 58.5 cm³/mol. The van der Waals surface area contributed by atoms with Crippen LogP contribution in [0.1, 0.15) is 5.69 Å². The molecule has 0 radical (unpaired) electrons. The Morgan fingerprint density at radius 2 is 2.31 bits per heavy atom. The highest BCUT2D eigenvalue weighted by atomic mass is 16.5. The van der Waals surface area contributed by atoms with Crippen LogP contribution in [-0.2, 0) is 7.05 Å². The van der Waals surface area contributed by atoms with Crippen LogP contribution in [0.5, 0.6) is 11.5 Å². The van der Waals surface area contributed by atoms with E-state index in [-0.39, 0.29) is 5.84 Å². The molecule has 0 unspecified atom stereocenters. The van der Waals surface area contributed by atoms with Gasteiger partial charge in [-0.25, -0.2) is 0 Å². The van der Waals surface area contributed by atoms with Crippen molar-refractivity contribution in [2.24, 2.45) is 12.8 Å². The SMILES string of the molecule is Cn1cc(Oc2ccnc(C(=N)N)c2)cn1. The number of hydrogen-bond donors (Lipinski definition) is 2. The minimum absolute atomic E-state index is 0.0864. The Morgan fingerprint density at radius 3 is 2.94 bits per heavy atom. The summed E-state index contributed by atoms with van der Waals surface area (Å²) in [4.78, 5) is 3.94. The maximum Gasteiger partial charge on any atom is 0.165 e. The highest BCUT2D eigenvalue weighted by Gasteiger charge is 2.03. The molecule has 0 saturated carbocycles. The minimum Gasteiger partial charge on any atom is -0.454 e. The van der Waals surface area contributed by atoms with Crippen LogP contribution in [0.4, 0.5) is 0 Å². The van der Waals surface area contributed by atoms with Crippen molar-refractivity contribution in [3.8, 4) is 11.5 Å². The molecule has 2 aromatic heterocycles. The van der Waals surface area contributed by atoms with Gasteiger partial charge in [0.15, 0.2) is 5.75 Å². The maximum absolute atomic E-state index is 7.26. The number of amidine groups is 1. The van der Waals surface area contributed by atoms with E-state index in [0.29, 0.717) is 17.2 Å². The lowest BCUT2D eigenvalue weighted by Gasteiger charge is -2.03. The lowest BCUT2D eigenvalue weighted by Crippen LogP contribution is -2.12. The summed E-state index contributed by atoms with van der Waals surface area (Å²) in [6.45, 7) is 0. The number of nitrogens with one attached hydrogen (secondary N) is 1. The molecule has 0 fully saturated rings. The van der Waals surface area contributed by atoms with E-state index < -0.39 is 0 Å². The van der Waals surface area contributed by atoms with Gasteiger partial charge < -0.3 is 10.5 Å². The zero-order valence-electron chi connectivity index (χ0n) is 8.71. The Hall–Kier alpha value is -2.37. The molecular weight excluding hydrogens is 206 g/mol. The van der Waals surface area contributed by atoms with Crippen molar-refractivity contribution >= 4 is 5.84 Å². The lowest BCUT2D eigenvalue weighted by atomic mass is 10.3. The first-order valence-electron chi connectivity index (χ1n) is 4.62. The minimum atomic E-state index is -0.0864. The normalized spacial score (nSPS) is 10.1. The second-order valence-corrected chi connectivity index (χ2v) is 3.24. The van der Waals surface area contributed by atoms with Gasteiger partial charge in [0.1, 0.15) is 17.3 Å². The molecule has 2 rings (SSSR count). The van der Waals surface area contributed by atoms with Gasteiger partial charge in [0.05, 0.1) is 12.4 Å². The van der Waals surface area contributed by atoms with Gasteiger partial charge in [-0.15, -0.1) is 0 Å². The fourth-order valence-corrected chi connectivity index (χ4v) is 1.21. The summed E-state index contributed by atoms with van der Waals surface area (Å²) in [5.74, 6) is 1.12. The molecule has 0 aliphatic heterocycles. The van der Waals surface area contributed by atoms with Crippen molar-refractivity contribution in [2.75, 3.05) is 0 Å². The Kier molecular flexibility index (Phi) is 2.55. The van der Waals surface area contributed by atoms with Crippen LogP contribution >= 0.6 is 0 Å². The zero-order valence-corrected chi connectivity index (χ0v) is 8.71. The smallest absolute Gasteiger partial charge is 0.165 e. The molecule has 0 atom stereocenters. The molecule has 2 heterocycles. The lowest BCUT2D eigenvalue weighted by molar-refractivity contribution is 0.481. The predicted octanol–water partition coefficient (Wildman–Crippen LogP) is 0.891. The number of aryl methyl sites for hydroxylation is 1. The van der Waals surface area contributed by atoms with Crippen LogP contribution in [0.25, 0.3) is 0 Å². The van der Waals surface area contributed by atoms with E-state index in [1.54, 1.807) is 42.5 Å². The molecule has 6 heteroatoms. The molecule has 16 heavy (non-hydrogen) atoms. The first-order chi connectivity index (χ1) is 7.65. The van der Waals surface area contributed by atoms with Gasteiger partial charge in [-0.3, -0.25) is 15.1 Å². The zero-order chi connectivity index (χ0) is 11.5. The van der Waals surface area contributed by atoms with Gasteiger partial charge in [-0.1, -0.05) is 0 Å². The highest BCUT2D eigenvalue weighted by Crippen LogP contribution is 2.20. The number of nitrogen functional groups attached to an aromatic ring is 1. The molecule has 2 aromatic rings. The summed E-state index contributed by atoms with van der Waals surface area (Å²) in [6, 6.07) is 3.30. The molecule has 0 aliphatic carbocycles. The molecule has 0 aromatic carbocycles. The third-order valence-corrected chi connectivity index (χ3v) is 1.92. The third kappa shape index (κ3) is 2.17. The molecule has 0 saturated heterocycles. The van der Waals surface area contributed by atoms with Gasteiger partial charge in [0, 0.05) is 19.3 Å². The van der Waals surface area contributed by atoms with E-state index in [1.807, 2.05) is 0 Å². The second kappa shape index (κ2) is 4.01. The van der Waals surface area contributed by atoms with Gasteiger partial charge in [0.25, 0.3) is 0 Å². The van der Waals surface area contributed by atoms with E-state index >= 15 is 0 Å². The monoisotopic (exact) mass is 217 g/mol. The van der Waals surface area contributed by atoms with Gasteiger partial charge >= 0.3 is 0 Å². The number of ether oxygens (including phenoxy) is 1. The Balaban J connectivity index is 2.21. The number of rotatable bonds is 3. The maximum atomic E-state index is 7.26. The molecular formula is C10H11N5O. The summed E-state index contributed by atoms with van der Waals surface area (Å²) in [7, 11) is 1.81. The summed E-state index contributed by atoms with van der Waals surface area (Å²) in [6.07, 6.45) is 4.89. The molecule has 6 nitrogen and oxygen atoms in total. The van der Waals surface area contributed by atoms with E-state index in [1.165, 1.54) is 0 Å². The first kappa shape index (κ1) is 10.2. The molecule has 0 bridgehead atoms. The van der Waals surface area contributed by atoms with Crippen LogP contribution in [0.3, 0.4) is 0 Å². The van der Waals surface area contributed by atoms with Crippen LogP contribution < -0.4 is 10.5 Å². The Morgan fingerprint density at radius 1 is 1.50 bits per heavy atom. The number of hydrogen-bond acceptors (Lipinski definition) is 4. The summed E-state index contributed by atoms with van der Waals surface area (Å²) < 4.78 is 7.16. The summed E-state index contributed by atoms with van der Waals surface area (Å²) in [5.41, 5.74) is 5.72. The Bertz CT molecular complexity index is 519. The van der Waals surface area contributed by atoms with Crippen molar-refractivity contribution in [1.29, 1.82) is 5.41 Å². The van der Waals surface area contributed by atoms with Crippen molar-refractivity contribution in [1.82, 2.24) is 14.8 Å². The van der Waals surface area contributed by atoms with Crippen LogP contribution in [0.15, 0.2) is 30.7 Å². The van der Waals surface area contributed by atoms with Crippen LogP contribution in [0, 0.1) is 5.41 Å². The fraction of sp³-hybridized carbons (Fsp3) is 0.100. The number of pyridine rings is 1. The van der Waals surface area contributed by atoms with E-state index in [4.69, 9.17) is 15.9 Å². The topological polar surface area (TPSA) is 89.8 Å². The van der Waals surface area contributed by atoms with Gasteiger partial charge in [-0.2, -0.15) is 5.10 Å². The fourth-order valence-electron chi connectivity index (χ4n) is 1.21. The highest BCUT2D eigenvalue weighted by molar-refractivity contribution is 5.93. The van der Waals surface area contributed by atoms with Gasteiger partial charge in [0.2, 0.25) is 0 Å². The van der Waals surface area contributed by atoms with Crippen LogP contribution in [0.2, 0.25) is 0 Å². The largest absolute Gasteiger partial charge is 0.454 e. The second-order valence-electron chi connectivity index (χ2n) is 3.24. The van der Waals surface area contributed by atoms with Gasteiger partial charge in [-0.05, 0) is 6.07 Å². The summed E-state index contributed by atoms with van der Waals surface area (Å²) in [5, 5.41) is 11.2. The third-order valence-electron chi connectivity index (χ3n) is 1.92. The first-order valence-corrected chi connectivity index (χ1v) is 4.62. The number of nitrogens with two attached hydrogens (primary N) is 1. The van der Waals surface area contributed by atoms with E-state index in [9.17, 15) is 0 Å². The van der Waals surface area contributed by atoms with Crippen molar-refractivity contribution in [3.63, 3.8) is 0 Å².